The fraction of sp³-hybridized carbons (Fsp3) is 0.312. The van der Waals surface area contributed by atoms with Crippen molar-refractivity contribution in [1.82, 2.24) is 14.9 Å². The lowest BCUT2D eigenvalue weighted by Crippen LogP contribution is -2.41. The number of hydrogen-bond acceptors (Lipinski definition) is 5. The molecule has 120 valence electrons. The van der Waals surface area contributed by atoms with Gasteiger partial charge in [-0.25, -0.2) is 14.4 Å². The number of ether oxygens (including phenoxy) is 1. The molecule has 1 aliphatic rings. The highest BCUT2D eigenvalue weighted by atomic mass is 19.1. The molecule has 1 aromatic heterocycles. The Kier molecular flexibility index (Phi) is 4.77. The van der Waals surface area contributed by atoms with Crippen molar-refractivity contribution >= 4 is 11.9 Å². The van der Waals surface area contributed by atoms with Gasteiger partial charge in [-0.3, -0.25) is 4.79 Å². The van der Waals surface area contributed by atoms with Crippen LogP contribution in [-0.2, 0) is 11.3 Å². The molecule has 2 heterocycles. The van der Waals surface area contributed by atoms with E-state index in [1.807, 2.05) is 0 Å². The van der Waals surface area contributed by atoms with Crippen molar-refractivity contribution < 1.29 is 13.9 Å². The molecule has 6 nitrogen and oxygen atoms in total. The zero-order chi connectivity index (χ0) is 16.1. The summed E-state index contributed by atoms with van der Waals surface area (Å²) in [5.74, 6) is -0.0305. The van der Waals surface area contributed by atoms with Crippen LogP contribution in [0.25, 0.3) is 0 Å². The van der Waals surface area contributed by atoms with Gasteiger partial charge in [-0.2, -0.15) is 0 Å². The van der Waals surface area contributed by atoms with E-state index in [-0.39, 0.29) is 11.7 Å². The fourth-order valence-electron chi connectivity index (χ4n) is 2.27. The Hall–Kier alpha value is -2.54. The average Bonchev–Trinajstić information content (AvgIpc) is 2.61. The maximum Gasteiger partial charge on any atom is 0.272 e. The van der Waals surface area contributed by atoms with Gasteiger partial charge in [0.05, 0.1) is 13.2 Å². The first-order valence-electron chi connectivity index (χ1n) is 7.41. The summed E-state index contributed by atoms with van der Waals surface area (Å²) in [6.45, 7) is 2.69. The molecule has 0 bridgehead atoms. The van der Waals surface area contributed by atoms with Crippen molar-refractivity contribution in [2.75, 3.05) is 31.6 Å². The van der Waals surface area contributed by atoms with Crippen LogP contribution in [0.15, 0.2) is 36.5 Å². The van der Waals surface area contributed by atoms with E-state index in [2.05, 4.69) is 15.3 Å². The molecule has 0 aliphatic carbocycles. The van der Waals surface area contributed by atoms with E-state index >= 15 is 0 Å². The van der Waals surface area contributed by atoms with E-state index in [4.69, 9.17) is 4.74 Å². The molecule has 1 saturated heterocycles. The number of nitrogens with zero attached hydrogens (tertiary/aromatic N) is 3. The van der Waals surface area contributed by atoms with Crippen LogP contribution in [0.1, 0.15) is 16.1 Å². The number of rotatable bonds is 4. The van der Waals surface area contributed by atoms with Gasteiger partial charge >= 0.3 is 0 Å². The maximum atomic E-state index is 12.9. The van der Waals surface area contributed by atoms with E-state index in [0.717, 1.165) is 5.56 Å². The zero-order valence-corrected chi connectivity index (χ0v) is 12.5. The summed E-state index contributed by atoms with van der Waals surface area (Å²) in [4.78, 5) is 22.5. The normalized spacial score (nSPS) is 14.6. The van der Waals surface area contributed by atoms with Crippen molar-refractivity contribution in [2.24, 2.45) is 0 Å². The number of benzene rings is 1. The minimum Gasteiger partial charge on any atom is -0.378 e. The Bertz CT molecular complexity index is 672. The maximum absolute atomic E-state index is 12.9. The van der Waals surface area contributed by atoms with Gasteiger partial charge in [0.2, 0.25) is 5.95 Å². The Morgan fingerprint density at radius 3 is 2.70 bits per heavy atom. The number of morpholine rings is 1. The van der Waals surface area contributed by atoms with Gasteiger partial charge in [0.25, 0.3) is 5.91 Å². The van der Waals surface area contributed by atoms with E-state index in [9.17, 15) is 9.18 Å². The first-order valence-corrected chi connectivity index (χ1v) is 7.41. The van der Waals surface area contributed by atoms with Crippen LogP contribution in [-0.4, -0.2) is 47.1 Å². The molecule has 2 aromatic rings. The minimum absolute atomic E-state index is 0.125. The summed E-state index contributed by atoms with van der Waals surface area (Å²) in [5, 5.41) is 3.04. The Morgan fingerprint density at radius 2 is 1.96 bits per heavy atom. The summed E-state index contributed by atoms with van der Waals surface area (Å²) >= 11 is 0. The summed E-state index contributed by atoms with van der Waals surface area (Å²) in [7, 11) is 0. The third kappa shape index (κ3) is 4.01. The third-order valence-electron chi connectivity index (χ3n) is 3.54. The van der Waals surface area contributed by atoms with E-state index in [1.54, 1.807) is 29.3 Å². The van der Waals surface area contributed by atoms with Crippen molar-refractivity contribution in [3.63, 3.8) is 0 Å². The number of hydrogen-bond donors (Lipinski definition) is 1. The van der Waals surface area contributed by atoms with Crippen LogP contribution in [0.4, 0.5) is 10.3 Å². The number of amides is 1. The molecule has 1 aliphatic heterocycles. The quantitative estimate of drug-likeness (QED) is 0.930. The van der Waals surface area contributed by atoms with Crippen LogP contribution in [0.5, 0.6) is 0 Å². The van der Waals surface area contributed by atoms with Gasteiger partial charge in [0.15, 0.2) is 0 Å². The largest absolute Gasteiger partial charge is 0.378 e. The lowest BCUT2D eigenvalue weighted by atomic mass is 10.2. The van der Waals surface area contributed by atoms with Crippen molar-refractivity contribution in [2.45, 2.75) is 6.54 Å². The van der Waals surface area contributed by atoms with E-state index in [0.29, 0.717) is 44.5 Å². The Labute approximate surface area is 133 Å². The number of carbonyl (C=O) groups is 1. The lowest BCUT2D eigenvalue weighted by molar-refractivity contribution is 0.0299. The Morgan fingerprint density at radius 1 is 1.22 bits per heavy atom. The second-order valence-electron chi connectivity index (χ2n) is 5.15. The zero-order valence-electron chi connectivity index (χ0n) is 12.5. The summed E-state index contributed by atoms with van der Waals surface area (Å²) in [6.07, 6.45) is 1.55. The molecule has 3 rings (SSSR count). The van der Waals surface area contributed by atoms with Crippen molar-refractivity contribution in [3.05, 3.63) is 53.6 Å². The molecule has 0 spiro atoms. The summed E-state index contributed by atoms with van der Waals surface area (Å²) in [6, 6.07) is 7.77. The predicted octanol–water partition coefficient (Wildman–Crippen LogP) is 1.70. The first-order chi connectivity index (χ1) is 11.2. The molecule has 1 N–H and O–H groups in total. The highest BCUT2D eigenvalue weighted by Gasteiger charge is 2.19. The van der Waals surface area contributed by atoms with Crippen molar-refractivity contribution in [3.8, 4) is 0 Å². The molecule has 0 radical (unpaired) electrons. The molecule has 1 fully saturated rings. The van der Waals surface area contributed by atoms with Gasteiger partial charge in [0, 0.05) is 25.8 Å². The van der Waals surface area contributed by atoms with Gasteiger partial charge in [-0.15, -0.1) is 0 Å². The molecule has 1 amide bonds. The first kappa shape index (κ1) is 15.4. The van der Waals surface area contributed by atoms with Gasteiger partial charge in [-0.05, 0) is 23.8 Å². The number of halogens is 1. The standard InChI is InChI=1S/C16H17FN4O2/c17-13-3-1-12(2-4-13)11-19-16-18-6-5-14(20-16)15(22)21-7-9-23-10-8-21/h1-6H,7-11H2,(H,18,19,20). The number of aromatic nitrogens is 2. The summed E-state index contributed by atoms with van der Waals surface area (Å²) in [5.41, 5.74) is 1.25. The second-order valence-corrected chi connectivity index (χ2v) is 5.15. The highest BCUT2D eigenvalue weighted by Crippen LogP contribution is 2.09. The van der Waals surface area contributed by atoms with Crippen molar-refractivity contribution in [1.29, 1.82) is 0 Å². The fourth-order valence-corrected chi connectivity index (χ4v) is 2.27. The minimum atomic E-state index is -0.275. The molecule has 0 saturated carbocycles. The molecular formula is C16H17FN4O2. The average molecular weight is 316 g/mol. The number of nitrogens with one attached hydrogen (secondary N) is 1. The SMILES string of the molecule is O=C(c1ccnc(NCc2ccc(F)cc2)n1)N1CCOCC1. The second kappa shape index (κ2) is 7.15. The van der Waals surface area contributed by atoms with Crippen LogP contribution in [0.2, 0.25) is 0 Å². The monoisotopic (exact) mass is 316 g/mol. The van der Waals surface area contributed by atoms with Crippen LogP contribution in [0, 0.1) is 5.82 Å². The summed E-state index contributed by atoms with van der Waals surface area (Å²) < 4.78 is 18.1. The molecule has 7 heteroatoms. The van der Waals surface area contributed by atoms with Crippen LogP contribution in [0.3, 0.4) is 0 Å². The molecule has 0 atom stereocenters. The molecule has 0 unspecified atom stereocenters. The highest BCUT2D eigenvalue weighted by molar-refractivity contribution is 5.92. The number of anilines is 1. The smallest absolute Gasteiger partial charge is 0.272 e. The van der Waals surface area contributed by atoms with E-state index < -0.39 is 0 Å². The van der Waals surface area contributed by atoms with E-state index in [1.165, 1.54) is 12.1 Å². The molecule has 23 heavy (non-hydrogen) atoms. The Balaban J connectivity index is 1.64. The van der Waals surface area contributed by atoms with Crippen LogP contribution < -0.4 is 5.32 Å². The van der Waals surface area contributed by atoms with Crippen LogP contribution >= 0.6 is 0 Å². The number of carbonyl (C=O) groups excluding carboxylic acids is 1. The topological polar surface area (TPSA) is 67.4 Å². The molecule has 1 aromatic carbocycles. The van der Waals surface area contributed by atoms with Gasteiger partial charge in [0.1, 0.15) is 11.5 Å². The predicted molar refractivity (Wildman–Crippen MR) is 82.5 cm³/mol. The van der Waals surface area contributed by atoms with Gasteiger partial charge < -0.3 is 15.0 Å². The lowest BCUT2D eigenvalue weighted by Gasteiger charge is -2.26. The third-order valence-corrected chi connectivity index (χ3v) is 3.54. The van der Waals surface area contributed by atoms with Gasteiger partial charge in [-0.1, -0.05) is 12.1 Å². The molecular weight excluding hydrogens is 299 g/mol.